The summed E-state index contributed by atoms with van der Waals surface area (Å²) in [6.45, 7) is 4.16. The van der Waals surface area contributed by atoms with E-state index in [9.17, 15) is 5.11 Å². The number of hydrogen-bond acceptors (Lipinski definition) is 4. The molecule has 0 saturated carbocycles. The van der Waals surface area contributed by atoms with Crippen molar-refractivity contribution in [2.24, 2.45) is 0 Å². The minimum atomic E-state index is 0.186. The SMILES string of the molecule is OC1=CC2SC3=c4ccccc4=C(c4ccc(OCCN5CCCCC5)cc4)C3=C2C=C1. The molecule has 0 radical (unpaired) electrons. The van der Waals surface area contributed by atoms with Gasteiger partial charge in [0.1, 0.15) is 18.1 Å². The Balaban J connectivity index is 1.29. The van der Waals surface area contributed by atoms with Gasteiger partial charge >= 0.3 is 0 Å². The van der Waals surface area contributed by atoms with Gasteiger partial charge in [-0.15, -0.1) is 11.8 Å². The number of ether oxygens (including phenoxy) is 1. The maximum atomic E-state index is 9.99. The third kappa shape index (κ3) is 3.52. The van der Waals surface area contributed by atoms with Crippen LogP contribution < -0.4 is 15.2 Å². The highest BCUT2D eigenvalue weighted by atomic mass is 32.2. The maximum Gasteiger partial charge on any atom is 0.119 e. The van der Waals surface area contributed by atoms with Gasteiger partial charge in [0.2, 0.25) is 0 Å². The summed E-state index contributed by atoms with van der Waals surface area (Å²) in [5, 5.41) is 12.8. The fraction of sp³-hybridized carbons (Fsp3) is 0.286. The molecule has 1 fully saturated rings. The molecule has 1 atom stereocenters. The van der Waals surface area contributed by atoms with E-state index in [0.717, 1.165) is 18.9 Å². The lowest BCUT2D eigenvalue weighted by molar-refractivity contribution is 0.183. The van der Waals surface area contributed by atoms with Gasteiger partial charge in [-0.3, -0.25) is 4.90 Å². The van der Waals surface area contributed by atoms with Crippen LogP contribution in [0.4, 0.5) is 0 Å². The van der Waals surface area contributed by atoms with Crippen molar-refractivity contribution in [2.45, 2.75) is 24.5 Å². The molecule has 2 aliphatic carbocycles. The molecule has 2 aromatic rings. The zero-order valence-electron chi connectivity index (χ0n) is 18.1. The number of fused-ring (bicyclic) bond motifs is 3. The van der Waals surface area contributed by atoms with E-state index in [1.807, 2.05) is 23.9 Å². The third-order valence-electron chi connectivity index (χ3n) is 6.78. The number of rotatable bonds is 5. The van der Waals surface area contributed by atoms with Crippen molar-refractivity contribution < 1.29 is 9.84 Å². The van der Waals surface area contributed by atoms with E-state index in [1.54, 1.807) is 0 Å². The Bertz CT molecular complexity index is 1260. The molecule has 1 unspecified atom stereocenters. The van der Waals surface area contributed by atoms with E-state index in [0.29, 0.717) is 5.76 Å². The van der Waals surface area contributed by atoms with Gasteiger partial charge in [-0.1, -0.05) is 48.9 Å². The van der Waals surface area contributed by atoms with Crippen molar-refractivity contribution in [1.29, 1.82) is 0 Å². The Labute approximate surface area is 193 Å². The van der Waals surface area contributed by atoms with Crippen molar-refractivity contribution in [3.05, 3.63) is 99.7 Å². The minimum Gasteiger partial charge on any atom is -0.508 e. The van der Waals surface area contributed by atoms with Crippen molar-refractivity contribution in [3.8, 4) is 5.75 Å². The molecule has 4 aliphatic rings. The van der Waals surface area contributed by atoms with E-state index in [4.69, 9.17) is 4.74 Å². The van der Waals surface area contributed by atoms with Crippen LogP contribution in [0.1, 0.15) is 24.8 Å². The average Bonchev–Trinajstić information content (AvgIpc) is 3.34. The van der Waals surface area contributed by atoms with Gasteiger partial charge in [-0.25, -0.2) is 0 Å². The van der Waals surface area contributed by atoms with E-state index >= 15 is 0 Å². The van der Waals surface area contributed by atoms with Crippen LogP contribution in [0.5, 0.6) is 5.75 Å². The monoisotopic (exact) mass is 441 g/mol. The summed E-state index contributed by atoms with van der Waals surface area (Å²) in [7, 11) is 0. The number of likely N-dealkylation sites (tertiary alicyclic amines) is 1. The summed E-state index contributed by atoms with van der Waals surface area (Å²) in [6, 6.07) is 17.3. The molecule has 2 aliphatic heterocycles. The molecule has 0 amide bonds. The number of thioether (sulfide) groups is 1. The van der Waals surface area contributed by atoms with E-state index in [1.165, 1.54) is 70.0 Å². The van der Waals surface area contributed by atoms with Gasteiger partial charge in [-0.05, 0) is 77.4 Å². The van der Waals surface area contributed by atoms with Crippen LogP contribution in [-0.4, -0.2) is 41.5 Å². The average molecular weight is 442 g/mol. The number of aliphatic hydroxyl groups is 1. The lowest BCUT2D eigenvalue weighted by Crippen LogP contribution is -2.33. The van der Waals surface area contributed by atoms with Crippen LogP contribution in [0, 0.1) is 0 Å². The Morgan fingerprint density at radius 2 is 1.69 bits per heavy atom. The molecule has 2 aromatic carbocycles. The first-order chi connectivity index (χ1) is 15.8. The lowest BCUT2D eigenvalue weighted by atomic mass is 9.92. The standard InChI is InChI=1S/C28H27NO2S/c30-20-10-13-24-25(18-20)32-28-23-7-3-2-6-22(23)26(27(24)28)19-8-11-21(12-9-19)31-17-16-29-14-4-1-5-15-29/h2-3,6-13,18,25,30H,1,4-5,14-17H2. The molecule has 0 spiro atoms. The van der Waals surface area contributed by atoms with Crippen molar-refractivity contribution in [2.75, 3.05) is 26.2 Å². The van der Waals surface area contributed by atoms with Crippen molar-refractivity contribution in [1.82, 2.24) is 4.90 Å². The van der Waals surface area contributed by atoms with Gasteiger partial charge in [0, 0.05) is 17.0 Å². The largest absolute Gasteiger partial charge is 0.508 e. The summed E-state index contributed by atoms with van der Waals surface area (Å²) in [5.41, 5.74) is 5.11. The molecule has 6 rings (SSSR count). The van der Waals surface area contributed by atoms with Crippen LogP contribution in [0.25, 0.3) is 10.5 Å². The fourth-order valence-electron chi connectivity index (χ4n) is 5.19. The number of hydrogen-bond donors (Lipinski definition) is 1. The lowest BCUT2D eigenvalue weighted by Gasteiger charge is -2.26. The Morgan fingerprint density at radius 1 is 0.906 bits per heavy atom. The Kier molecular flexibility index (Phi) is 5.20. The highest BCUT2D eigenvalue weighted by Gasteiger charge is 2.35. The number of aliphatic hydroxyl groups excluding tert-OH is 1. The molecule has 1 N–H and O–H groups in total. The zero-order valence-corrected chi connectivity index (χ0v) is 18.9. The first-order valence-corrected chi connectivity index (χ1v) is 12.5. The van der Waals surface area contributed by atoms with Crippen LogP contribution in [0.15, 0.2) is 83.7 Å². The summed E-state index contributed by atoms with van der Waals surface area (Å²) in [6.07, 6.45) is 9.84. The molecular formula is C28H27NO2S. The van der Waals surface area contributed by atoms with E-state index in [2.05, 4.69) is 59.5 Å². The first-order valence-electron chi connectivity index (χ1n) is 11.6. The Hall–Kier alpha value is -2.69. The van der Waals surface area contributed by atoms with Gasteiger partial charge in [-0.2, -0.15) is 0 Å². The quantitative estimate of drug-likeness (QED) is 0.750. The number of nitrogens with zero attached hydrogens (tertiary/aromatic N) is 1. The molecule has 1 saturated heterocycles. The minimum absolute atomic E-state index is 0.186. The van der Waals surface area contributed by atoms with Crippen LogP contribution in [0.2, 0.25) is 0 Å². The van der Waals surface area contributed by atoms with Gasteiger partial charge in [0.15, 0.2) is 0 Å². The number of allylic oxidation sites excluding steroid dienone is 2. The highest BCUT2D eigenvalue weighted by molar-refractivity contribution is 8.09. The van der Waals surface area contributed by atoms with E-state index in [-0.39, 0.29) is 5.25 Å². The molecule has 0 bridgehead atoms. The molecule has 32 heavy (non-hydrogen) atoms. The second kappa shape index (κ2) is 8.34. The predicted molar refractivity (Wildman–Crippen MR) is 132 cm³/mol. The summed E-state index contributed by atoms with van der Waals surface area (Å²) in [4.78, 5) is 3.83. The predicted octanol–water partition coefficient (Wildman–Crippen LogP) is 4.30. The molecule has 3 nitrogen and oxygen atoms in total. The molecule has 2 heterocycles. The second-order valence-corrected chi connectivity index (χ2v) is 9.97. The highest BCUT2D eigenvalue weighted by Crippen LogP contribution is 2.50. The molecule has 0 aromatic heterocycles. The van der Waals surface area contributed by atoms with Crippen LogP contribution in [-0.2, 0) is 0 Å². The van der Waals surface area contributed by atoms with Gasteiger partial charge in [0.05, 0.1) is 5.25 Å². The summed E-state index contributed by atoms with van der Waals surface area (Å²) < 4.78 is 6.06. The number of benzene rings is 2. The third-order valence-corrected chi connectivity index (χ3v) is 8.09. The maximum absolute atomic E-state index is 9.99. The zero-order chi connectivity index (χ0) is 21.5. The van der Waals surface area contributed by atoms with Crippen LogP contribution >= 0.6 is 11.8 Å². The Morgan fingerprint density at radius 3 is 2.50 bits per heavy atom. The molecule has 162 valence electrons. The van der Waals surface area contributed by atoms with Crippen LogP contribution in [0.3, 0.4) is 0 Å². The summed E-state index contributed by atoms with van der Waals surface area (Å²) in [5.74, 6) is 1.29. The summed E-state index contributed by atoms with van der Waals surface area (Å²) >= 11 is 1.84. The van der Waals surface area contributed by atoms with Gasteiger partial charge in [0.25, 0.3) is 0 Å². The normalized spacial score (nSPS) is 22.0. The van der Waals surface area contributed by atoms with E-state index < -0.39 is 0 Å². The first kappa shape index (κ1) is 20.0. The second-order valence-electron chi connectivity index (χ2n) is 8.82. The van der Waals surface area contributed by atoms with Crippen molar-refractivity contribution >= 4 is 22.2 Å². The topological polar surface area (TPSA) is 32.7 Å². The molecule has 4 heteroatoms. The fourth-order valence-corrected chi connectivity index (χ4v) is 6.62. The van der Waals surface area contributed by atoms with Gasteiger partial charge < -0.3 is 9.84 Å². The smallest absolute Gasteiger partial charge is 0.119 e. The van der Waals surface area contributed by atoms with Crippen molar-refractivity contribution in [3.63, 3.8) is 0 Å². The number of piperidine rings is 1. The molecular weight excluding hydrogens is 414 g/mol.